The third kappa shape index (κ3) is 3.45. The van der Waals surface area contributed by atoms with Gasteiger partial charge in [-0.2, -0.15) is 0 Å². The Morgan fingerprint density at radius 1 is 1.47 bits per heavy atom. The van der Waals surface area contributed by atoms with Gasteiger partial charge in [-0.05, 0) is 34.1 Å². The number of ketones is 1. The average molecular weight is 241 g/mol. The quantitative estimate of drug-likeness (QED) is 0.709. The van der Waals surface area contributed by atoms with E-state index in [9.17, 15) is 9.59 Å². The number of amides is 1. The first-order chi connectivity index (χ1) is 7.68. The van der Waals surface area contributed by atoms with Gasteiger partial charge in [-0.1, -0.05) is 6.92 Å². The van der Waals surface area contributed by atoms with E-state index < -0.39 is 11.1 Å². The number of ether oxygens (including phenoxy) is 1. The zero-order valence-electron chi connectivity index (χ0n) is 11.5. The first-order valence-electron chi connectivity index (χ1n) is 6.20. The first-order valence-corrected chi connectivity index (χ1v) is 6.20. The molecule has 1 saturated heterocycles. The van der Waals surface area contributed by atoms with Gasteiger partial charge in [-0.25, -0.2) is 4.79 Å². The molecule has 1 fully saturated rings. The van der Waals surface area contributed by atoms with Crippen LogP contribution in [0.2, 0.25) is 0 Å². The largest absolute Gasteiger partial charge is 0.444 e. The molecule has 1 amide bonds. The zero-order chi connectivity index (χ0) is 13.3. The van der Waals surface area contributed by atoms with Crippen molar-refractivity contribution in [1.82, 2.24) is 4.90 Å². The molecule has 98 valence electrons. The Morgan fingerprint density at radius 2 is 2.06 bits per heavy atom. The highest BCUT2D eigenvalue weighted by Crippen LogP contribution is 2.30. The van der Waals surface area contributed by atoms with E-state index in [2.05, 4.69) is 0 Å². The van der Waals surface area contributed by atoms with Crippen molar-refractivity contribution < 1.29 is 14.3 Å². The molecular weight excluding hydrogens is 218 g/mol. The Labute approximate surface area is 103 Å². The van der Waals surface area contributed by atoms with Crippen LogP contribution in [0.3, 0.4) is 0 Å². The summed E-state index contributed by atoms with van der Waals surface area (Å²) in [6.07, 6.45) is 1.32. The predicted octanol–water partition coefficient (Wildman–Crippen LogP) is 2.76. The van der Waals surface area contributed by atoms with Gasteiger partial charge in [0, 0.05) is 19.4 Å². The second kappa shape index (κ2) is 4.67. The van der Waals surface area contributed by atoms with Gasteiger partial charge in [0.05, 0.1) is 5.54 Å². The number of hydrogen-bond acceptors (Lipinski definition) is 3. The van der Waals surface area contributed by atoms with Crippen LogP contribution in [-0.4, -0.2) is 34.5 Å². The summed E-state index contributed by atoms with van der Waals surface area (Å²) < 4.78 is 5.39. The molecule has 0 aromatic heterocycles. The minimum atomic E-state index is -0.493. The maximum atomic E-state index is 12.1. The number of nitrogens with zero attached hydrogens (tertiary/aromatic N) is 1. The molecule has 0 N–H and O–H groups in total. The monoisotopic (exact) mass is 241 g/mol. The molecule has 0 saturated carbocycles. The molecular formula is C13H23NO3. The van der Waals surface area contributed by atoms with Crippen LogP contribution in [0.15, 0.2) is 0 Å². The summed E-state index contributed by atoms with van der Waals surface area (Å²) in [5.74, 6) is 0.231. The van der Waals surface area contributed by atoms with Crippen molar-refractivity contribution in [3.8, 4) is 0 Å². The average Bonchev–Trinajstić information content (AvgIpc) is 2.14. The van der Waals surface area contributed by atoms with Crippen molar-refractivity contribution >= 4 is 11.9 Å². The van der Waals surface area contributed by atoms with Crippen LogP contribution in [-0.2, 0) is 9.53 Å². The number of carbonyl (C=O) groups excluding carboxylic acids is 2. The van der Waals surface area contributed by atoms with Gasteiger partial charge in [-0.15, -0.1) is 0 Å². The Bertz CT molecular complexity index is 319. The van der Waals surface area contributed by atoms with Crippen molar-refractivity contribution in [2.75, 3.05) is 6.54 Å². The molecule has 1 atom stereocenters. The fraction of sp³-hybridized carbons (Fsp3) is 0.846. The van der Waals surface area contributed by atoms with Crippen LogP contribution in [0.5, 0.6) is 0 Å². The van der Waals surface area contributed by atoms with Crippen LogP contribution < -0.4 is 0 Å². The van der Waals surface area contributed by atoms with E-state index in [0.29, 0.717) is 19.4 Å². The lowest BCUT2D eigenvalue weighted by molar-refractivity contribution is -0.125. The summed E-state index contributed by atoms with van der Waals surface area (Å²) >= 11 is 0. The summed E-state index contributed by atoms with van der Waals surface area (Å²) in [4.78, 5) is 25.3. The second-order valence-corrected chi connectivity index (χ2v) is 5.95. The molecule has 1 heterocycles. The molecule has 0 bridgehead atoms. The van der Waals surface area contributed by atoms with Crippen LogP contribution in [0.25, 0.3) is 0 Å². The number of likely N-dealkylation sites (tertiary alicyclic amines) is 1. The summed E-state index contributed by atoms with van der Waals surface area (Å²) in [6, 6.07) is 0. The molecule has 1 aliphatic rings. The fourth-order valence-corrected chi connectivity index (χ4v) is 2.06. The number of Topliss-reactive ketones (excluding diaryl/α,β-unsaturated/α-hetero) is 1. The molecule has 1 rings (SSSR count). The molecule has 0 aliphatic carbocycles. The predicted molar refractivity (Wildman–Crippen MR) is 65.9 cm³/mol. The molecule has 4 nitrogen and oxygen atoms in total. The van der Waals surface area contributed by atoms with E-state index in [-0.39, 0.29) is 11.9 Å². The zero-order valence-corrected chi connectivity index (χ0v) is 11.5. The molecule has 0 aromatic carbocycles. The van der Waals surface area contributed by atoms with Crippen LogP contribution in [0.4, 0.5) is 4.79 Å². The Hall–Kier alpha value is -1.06. The maximum absolute atomic E-state index is 12.1. The number of hydrogen-bond donors (Lipinski definition) is 0. The fourth-order valence-electron chi connectivity index (χ4n) is 2.06. The van der Waals surface area contributed by atoms with Crippen LogP contribution in [0.1, 0.15) is 53.9 Å². The van der Waals surface area contributed by atoms with Gasteiger partial charge < -0.3 is 9.64 Å². The molecule has 0 radical (unpaired) electrons. The minimum absolute atomic E-state index is 0.231. The van der Waals surface area contributed by atoms with E-state index in [4.69, 9.17) is 4.74 Å². The van der Waals surface area contributed by atoms with Crippen molar-refractivity contribution in [1.29, 1.82) is 0 Å². The lowest BCUT2D eigenvalue weighted by Gasteiger charge is -2.43. The smallest absolute Gasteiger partial charge is 0.410 e. The van der Waals surface area contributed by atoms with Crippen molar-refractivity contribution in [2.45, 2.75) is 65.0 Å². The SMILES string of the molecule is CCC1(C)CC(=O)CCN1C(=O)OC(C)(C)C. The van der Waals surface area contributed by atoms with Crippen molar-refractivity contribution in [3.63, 3.8) is 0 Å². The molecule has 4 heteroatoms. The molecule has 0 spiro atoms. The molecule has 1 unspecified atom stereocenters. The van der Waals surface area contributed by atoms with E-state index in [1.54, 1.807) is 4.90 Å². The van der Waals surface area contributed by atoms with Crippen LogP contribution in [0, 0.1) is 0 Å². The second-order valence-electron chi connectivity index (χ2n) is 5.95. The van der Waals surface area contributed by atoms with Gasteiger partial charge >= 0.3 is 6.09 Å². The van der Waals surface area contributed by atoms with E-state index in [0.717, 1.165) is 6.42 Å². The van der Waals surface area contributed by atoms with Gasteiger partial charge in [0.1, 0.15) is 11.4 Å². The first kappa shape index (κ1) is 14.0. The van der Waals surface area contributed by atoms with Gasteiger partial charge in [0.25, 0.3) is 0 Å². The maximum Gasteiger partial charge on any atom is 0.410 e. The van der Waals surface area contributed by atoms with Crippen molar-refractivity contribution in [2.24, 2.45) is 0 Å². The highest BCUT2D eigenvalue weighted by atomic mass is 16.6. The normalized spacial score (nSPS) is 25.9. The summed E-state index contributed by atoms with van der Waals surface area (Å²) in [6.45, 7) is 9.97. The third-order valence-electron chi connectivity index (χ3n) is 3.22. The Kier molecular flexibility index (Phi) is 3.84. The summed E-state index contributed by atoms with van der Waals surface area (Å²) in [5, 5.41) is 0. The summed E-state index contributed by atoms with van der Waals surface area (Å²) in [7, 11) is 0. The topological polar surface area (TPSA) is 46.6 Å². The van der Waals surface area contributed by atoms with Gasteiger partial charge in [0.2, 0.25) is 0 Å². The molecule has 17 heavy (non-hydrogen) atoms. The van der Waals surface area contributed by atoms with Gasteiger partial charge in [0.15, 0.2) is 0 Å². The van der Waals surface area contributed by atoms with Crippen molar-refractivity contribution in [3.05, 3.63) is 0 Å². The van der Waals surface area contributed by atoms with Gasteiger partial charge in [-0.3, -0.25) is 4.79 Å². The highest BCUT2D eigenvalue weighted by Gasteiger charge is 2.41. The number of piperidine rings is 1. The highest BCUT2D eigenvalue weighted by molar-refractivity contribution is 5.83. The van der Waals surface area contributed by atoms with E-state index in [1.165, 1.54) is 0 Å². The van der Waals surface area contributed by atoms with Crippen LogP contribution >= 0.6 is 0 Å². The minimum Gasteiger partial charge on any atom is -0.444 e. The Morgan fingerprint density at radius 3 is 2.53 bits per heavy atom. The lowest BCUT2D eigenvalue weighted by atomic mass is 9.86. The summed E-state index contributed by atoms with van der Waals surface area (Å²) in [5.41, 5.74) is -0.884. The molecule has 0 aromatic rings. The van der Waals surface area contributed by atoms with E-state index >= 15 is 0 Å². The number of carbonyl (C=O) groups is 2. The number of rotatable bonds is 1. The van der Waals surface area contributed by atoms with E-state index in [1.807, 2.05) is 34.6 Å². The third-order valence-corrected chi connectivity index (χ3v) is 3.22. The Balaban J connectivity index is 2.81. The lowest BCUT2D eigenvalue weighted by Crippen LogP contribution is -2.55. The molecule has 1 aliphatic heterocycles. The standard InChI is InChI=1S/C13H23NO3/c1-6-13(5)9-10(15)7-8-14(13)11(16)17-12(2,3)4/h6-9H2,1-5H3.